The van der Waals surface area contributed by atoms with E-state index in [1.165, 1.54) is 10.7 Å². The molecule has 1 heterocycles. The second kappa shape index (κ2) is 5.17. The van der Waals surface area contributed by atoms with Crippen LogP contribution in [0.4, 0.5) is 4.39 Å². The highest BCUT2D eigenvalue weighted by molar-refractivity contribution is 5.80. The molecule has 0 aliphatic carbocycles. The van der Waals surface area contributed by atoms with Gasteiger partial charge < -0.3 is 0 Å². The zero-order valence-corrected chi connectivity index (χ0v) is 11.0. The predicted molar refractivity (Wildman–Crippen MR) is 76.2 cm³/mol. The molecule has 21 heavy (non-hydrogen) atoms. The van der Waals surface area contributed by atoms with Gasteiger partial charge in [-0.25, -0.2) is 9.07 Å². The van der Waals surface area contributed by atoms with E-state index in [1.54, 1.807) is 24.4 Å². The third-order valence-electron chi connectivity index (χ3n) is 3.18. The first kappa shape index (κ1) is 13.0. The van der Waals surface area contributed by atoms with Crippen LogP contribution >= 0.6 is 0 Å². The van der Waals surface area contributed by atoms with Crippen molar-refractivity contribution in [3.8, 4) is 6.07 Å². The molecule has 0 unspecified atom stereocenters. The van der Waals surface area contributed by atoms with Crippen molar-refractivity contribution in [3.63, 3.8) is 0 Å². The van der Waals surface area contributed by atoms with E-state index < -0.39 is 5.82 Å². The van der Waals surface area contributed by atoms with Gasteiger partial charge in [0.2, 0.25) is 0 Å². The van der Waals surface area contributed by atoms with Crippen molar-refractivity contribution in [2.45, 2.75) is 6.54 Å². The van der Waals surface area contributed by atoms with Crippen LogP contribution in [-0.2, 0) is 6.54 Å². The van der Waals surface area contributed by atoms with Crippen molar-refractivity contribution < 1.29 is 4.39 Å². The molecule has 0 N–H and O–H groups in total. The molecule has 0 saturated carbocycles. The summed E-state index contributed by atoms with van der Waals surface area (Å²) in [6.45, 7) is 0.121. The smallest absolute Gasteiger partial charge is 0.267 e. The maximum atomic E-state index is 13.4. The van der Waals surface area contributed by atoms with Gasteiger partial charge in [-0.15, -0.1) is 0 Å². The number of fused-ring (bicyclic) bond motifs is 1. The minimum absolute atomic E-state index is 0.121. The number of hydrogen-bond acceptors (Lipinski definition) is 3. The van der Waals surface area contributed by atoms with Crippen molar-refractivity contribution in [1.29, 1.82) is 5.26 Å². The van der Waals surface area contributed by atoms with Crippen LogP contribution in [0.3, 0.4) is 0 Å². The van der Waals surface area contributed by atoms with Gasteiger partial charge in [-0.3, -0.25) is 4.79 Å². The molecule has 3 rings (SSSR count). The van der Waals surface area contributed by atoms with Gasteiger partial charge >= 0.3 is 0 Å². The zero-order chi connectivity index (χ0) is 14.8. The normalized spacial score (nSPS) is 10.5. The quantitative estimate of drug-likeness (QED) is 0.724. The van der Waals surface area contributed by atoms with Crippen LogP contribution in [0.25, 0.3) is 10.8 Å². The van der Waals surface area contributed by atoms with Crippen LogP contribution in [0, 0.1) is 17.1 Å². The van der Waals surface area contributed by atoms with Gasteiger partial charge in [-0.2, -0.15) is 10.4 Å². The molecule has 0 bridgehead atoms. The van der Waals surface area contributed by atoms with Gasteiger partial charge in [-0.05, 0) is 29.8 Å². The largest absolute Gasteiger partial charge is 0.274 e. The number of benzene rings is 2. The lowest BCUT2D eigenvalue weighted by molar-refractivity contribution is 0.612. The van der Waals surface area contributed by atoms with E-state index in [1.807, 2.05) is 18.2 Å². The summed E-state index contributed by atoms with van der Waals surface area (Å²) in [6.07, 6.45) is 1.60. The third kappa shape index (κ3) is 2.51. The summed E-state index contributed by atoms with van der Waals surface area (Å²) in [5, 5.41) is 14.3. The Morgan fingerprint density at radius 3 is 2.86 bits per heavy atom. The average Bonchev–Trinajstić information content (AvgIpc) is 2.50. The van der Waals surface area contributed by atoms with Crippen LogP contribution in [0.1, 0.15) is 11.1 Å². The highest BCUT2D eigenvalue weighted by atomic mass is 19.1. The predicted octanol–water partition coefficient (Wildman–Crippen LogP) is 2.46. The molecule has 102 valence electrons. The number of nitrogens with zero attached hydrogens (tertiary/aromatic N) is 3. The van der Waals surface area contributed by atoms with Gasteiger partial charge in [0.05, 0.1) is 29.8 Å². The summed E-state index contributed by atoms with van der Waals surface area (Å²) >= 11 is 0. The van der Waals surface area contributed by atoms with E-state index in [9.17, 15) is 9.18 Å². The molecule has 4 nitrogen and oxygen atoms in total. The number of aromatic nitrogens is 2. The molecular formula is C16H10FN3O. The number of hydrogen-bond donors (Lipinski definition) is 0. The van der Waals surface area contributed by atoms with E-state index in [4.69, 9.17) is 5.26 Å². The fourth-order valence-corrected chi connectivity index (χ4v) is 2.22. The molecule has 0 fully saturated rings. The van der Waals surface area contributed by atoms with E-state index in [0.717, 1.165) is 11.5 Å². The Hall–Kier alpha value is -3.00. The number of halogens is 1. The SMILES string of the molecule is N#Cc1cc(F)cc(Cn2ncc3ccccc3c2=O)c1. The van der Waals surface area contributed by atoms with Gasteiger partial charge in [0.1, 0.15) is 5.82 Å². The Kier molecular flexibility index (Phi) is 3.20. The topological polar surface area (TPSA) is 58.7 Å². The molecule has 5 heteroatoms. The van der Waals surface area contributed by atoms with Gasteiger partial charge in [-0.1, -0.05) is 18.2 Å². The molecule has 0 spiro atoms. The first-order chi connectivity index (χ1) is 10.2. The fraction of sp³-hybridized carbons (Fsp3) is 0.0625. The monoisotopic (exact) mass is 279 g/mol. The molecule has 1 aromatic heterocycles. The van der Waals surface area contributed by atoms with Crippen molar-refractivity contribution in [3.05, 3.63) is 76.0 Å². The van der Waals surface area contributed by atoms with Gasteiger partial charge in [0.15, 0.2) is 0 Å². The van der Waals surface area contributed by atoms with Crippen molar-refractivity contribution in [2.75, 3.05) is 0 Å². The summed E-state index contributed by atoms with van der Waals surface area (Å²) in [7, 11) is 0. The summed E-state index contributed by atoms with van der Waals surface area (Å²) in [4.78, 5) is 12.3. The average molecular weight is 279 g/mol. The van der Waals surface area contributed by atoms with Gasteiger partial charge in [0.25, 0.3) is 5.56 Å². The first-order valence-corrected chi connectivity index (χ1v) is 6.32. The molecule has 2 aromatic carbocycles. The van der Waals surface area contributed by atoms with Crippen molar-refractivity contribution in [2.24, 2.45) is 0 Å². The maximum Gasteiger partial charge on any atom is 0.274 e. The standard InChI is InChI=1S/C16H10FN3O/c17-14-6-11(8-18)5-12(7-14)10-20-16(21)15-4-2-1-3-13(15)9-19-20/h1-7,9H,10H2. The Morgan fingerprint density at radius 2 is 2.05 bits per heavy atom. The zero-order valence-electron chi connectivity index (χ0n) is 11.0. The lowest BCUT2D eigenvalue weighted by Crippen LogP contribution is -2.23. The third-order valence-corrected chi connectivity index (χ3v) is 3.18. The lowest BCUT2D eigenvalue weighted by Gasteiger charge is -2.06. The summed E-state index contributed by atoms with van der Waals surface area (Å²) < 4.78 is 14.7. The molecule has 0 atom stereocenters. The van der Waals surface area contributed by atoms with E-state index in [0.29, 0.717) is 10.9 Å². The molecule has 0 aliphatic rings. The lowest BCUT2D eigenvalue weighted by atomic mass is 10.1. The molecule has 0 radical (unpaired) electrons. The Labute approximate surface area is 119 Å². The summed E-state index contributed by atoms with van der Waals surface area (Å²) in [5.41, 5.74) is 0.506. The highest BCUT2D eigenvalue weighted by Gasteiger charge is 2.06. The van der Waals surface area contributed by atoms with E-state index in [2.05, 4.69) is 5.10 Å². The maximum absolute atomic E-state index is 13.4. The van der Waals surface area contributed by atoms with Crippen LogP contribution in [0.5, 0.6) is 0 Å². The fourth-order valence-electron chi connectivity index (χ4n) is 2.22. The molecular weight excluding hydrogens is 269 g/mol. The van der Waals surface area contributed by atoms with E-state index in [-0.39, 0.29) is 17.7 Å². The number of nitriles is 1. The van der Waals surface area contributed by atoms with Crippen LogP contribution < -0.4 is 5.56 Å². The van der Waals surface area contributed by atoms with E-state index >= 15 is 0 Å². The second-order valence-corrected chi connectivity index (χ2v) is 4.65. The summed E-state index contributed by atoms with van der Waals surface area (Å²) in [6, 6.07) is 13.0. The second-order valence-electron chi connectivity index (χ2n) is 4.65. The molecule has 3 aromatic rings. The van der Waals surface area contributed by atoms with Crippen LogP contribution in [0.15, 0.2) is 53.5 Å². The van der Waals surface area contributed by atoms with Crippen molar-refractivity contribution in [1.82, 2.24) is 9.78 Å². The first-order valence-electron chi connectivity index (χ1n) is 6.32. The Bertz CT molecular complexity index is 925. The minimum atomic E-state index is -0.502. The highest BCUT2D eigenvalue weighted by Crippen LogP contribution is 2.11. The van der Waals surface area contributed by atoms with Crippen molar-refractivity contribution >= 4 is 10.8 Å². The molecule has 0 aliphatic heterocycles. The van der Waals surface area contributed by atoms with Gasteiger partial charge in [0, 0.05) is 5.39 Å². The van der Waals surface area contributed by atoms with Crippen LogP contribution in [0.2, 0.25) is 0 Å². The Balaban J connectivity index is 2.07. The minimum Gasteiger partial charge on any atom is -0.267 e. The number of rotatable bonds is 2. The van der Waals surface area contributed by atoms with Crippen LogP contribution in [-0.4, -0.2) is 9.78 Å². The Morgan fingerprint density at radius 1 is 1.24 bits per heavy atom. The molecule has 0 saturated heterocycles. The summed E-state index contributed by atoms with van der Waals surface area (Å²) in [5.74, 6) is -0.502. The molecule has 0 amide bonds.